The molecule has 2 aliphatic carbocycles. The molecule has 2 aliphatic rings. The largest absolute Gasteiger partial charge is 0.349 e. The Labute approximate surface area is 163 Å². The van der Waals surface area contributed by atoms with Crippen LogP contribution in [0.25, 0.3) is 10.3 Å². The fraction of sp³-hybridized carbons (Fsp3) is 0.632. The maximum absolute atomic E-state index is 12.6. The van der Waals surface area contributed by atoms with Crippen LogP contribution in [0.1, 0.15) is 66.2 Å². The molecule has 1 N–H and O–H groups in total. The first-order valence-corrected chi connectivity index (χ1v) is 12.5. The highest BCUT2D eigenvalue weighted by molar-refractivity contribution is 7.90. The minimum atomic E-state index is -2.89. The number of rotatable bonds is 6. The number of carbonyl (C=O) groups excluding carboxylic acids is 1. The molecule has 1 amide bonds. The van der Waals surface area contributed by atoms with Gasteiger partial charge in [0.05, 0.1) is 21.0 Å². The third-order valence-electron chi connectivity index (χ3n) is 5.53. The van der Waals surface area contributed by atoms with Gasteiger partial charge in [0.1, 0.15) is 9.84 Å². The van der Waals surface area contributed by atoms with Crippen LogP contribution in [-0.4, -0.2) is 42.3 Å². The molecule has 2 heterocycles. The van der Waals surface area contributed by atoms with Crippen molar-refractivity contribution in [1.29, 1.82) is 0 Å². The first-order chi connectivity index (χ1) is 12.9. The first kappa shape index (κ1) is 18.8. The summed E-state index contributed by atoms with van der Waals surface area (Å²) in [5, 5.41) is 4.26. The molecular weight excluding hydrogens is 382 g/mol. The van der Waals surface area contributed by atoms with Gasteiger partial charge in [0.15, 0.2) is 5.65 Å². The standard InChI is InChI=1S/C19H25N3O3S2/c1-27(24,25)9-8-12-2-6-15(7-3-12)21-18(23)14-10-16-17(20-11-14)22-19(26-16)13-4-5-13/h10-13,15H,2-9H2,1H3,(H,21,23). The monoisotopic (exact) mass is 407 g/mol. The van der Waals surface area contributed by atoms with E-state index in [1.807, 2.05) is 6.07 Å². The zero-order valence-electron chi connectivity index (χ0n) is 15.5. The quantitative estimate of drug-likeness (QED) is 0.794. The van der Waals surface area contributed by atoms with Crippen molar-refractivity contribution in [3.63, 3.8) is 0 Å². The van der Waals surface area contributed by atoms with Crippen molar-refractivity contribution in [2.75, 3.05) is 12.0 Å². The fourth-order valence-corrected chi connectivity index (χ4v) is 5.61. The molecule has 8 heteroatoms. The molecule has 0 saturated heterocycles. The molecule has 0 unspecified atom stereocenters. The Bertz CT molecular complexity index is 942. The lowest BCUT2D eigenvalue weighted by molar-refractivity contribution is 0.0921. The van der Waals surface area contributed by atoms with Crippen LogP contribution in [0.5, 0.6) is 0 Å². The van der Waals surface area contributed by atoms with Gasteiger partial charge in [-0.05, 0) is 56.9 Å². The van der Waals surface area contributed by atoms with Gasteiger partial charge in [-0.2, -0.15) is 0 Å². The lowest BCUT2D eigenvalue weighted by Crippen LogP contribution is -2.37. The van der Waals surface area contributed by atoms with Gasteiger partial charge < -0.3 is 5.32 Å². The van der Waals surface area contributed by atoms with Gasteiger partial charge in [0.2, 0.25) is 0 Å². The number of pyridine rings is 1. The van der Waals surface area contributed by atoms with E-state index in [0.29, 0.717) is 17.4 Å². The Morgan fingerprint density at radius 3 is 2.63 bits per heavy atom. The van der Waals surface area contributed by atoms with E-state index in [0.717, 1.165) is 47.5 Å². The number of hydrogen-bond donors (Lipinski definition) is 1. The first-order valence-electron chi connectivity index (χ1n) is 9.62. The topological polar surface area (TPSA) is 89.0 Å². The maximum atomic E-state index is 12.6. The lowest BCUT2D eigenvalue weighted by Gasteiger charge is -2.29. The van der Waals surface area contributed by atoms with Gasteiger partial charge in [0, 0.05) is 24.4 Å². The van der Waals surface area contributed by atoms with Gasteiger partial charge in [-0.3, -0.25) is 4.79 Å². The molecule has 2 aromatic rings. The molecule has 4 rings (SSSR count). The van der Waals surface area contributed by atoms with Crippen LogP contribution in [0.3, 0.4) is 0 Å². The Hall–Kier alpha value is -1.54. The van der Waals surface area contributed by atoms with Gasteiger partial charge in [-0.1, -0.05) is 0 Å². The number of fused-ring (bicyclic) bond motifs is 1. The van der Waals surface area contributed by atoms with Gasteiger partial charge >= 0.3 is 0 Å². The molecule has 2 aromatic heterocycles. The minimum Gasteiger partial charge on any atom is -0.349 e. The van der Waals surface area contributed by atoms with Crippen molar-refractivity contribution in [1.82, 2.24) is 15.3 Å². The number of amides is 1. The van der Waals surface area contributed by atoms with Crippen molar-refractivity contribution in [2.45, 2.75) is 56.9 Å². The van der Waals surface area contributed by atoms with Crippen molar-refractivity contribution >= 4 is 37.4 Å². The average Bonchev–Trinajstić information content (AvgIpc) is 3.39. The summed E-state index contributed by atoms with van der Waals surface area (Å²) in [6.07, 6.45) is 9.81. The van der Waals surface area contributed by atoms with Gasteiger partial charge in [-0.15, -0.1) is 11.3 Å². The average molecular weight is 408 g/mol. The van der Waals surface area contributed by atoms with E-state index in [2.05, 4.69) is 15.3 Å². The van der Waals surface area contributed by atoms with E-state index >= 15 is 0 Å². The minimum absolute atomic E-state index is 0.0784. The Balaban J connectivity index is 1.32. The second-order valence-electron chi connectivity index (χ2n) is 7.98. The summed E-state index contributed by atoms with van der Waals surface area (Å²) in [7, 11) is -2.89. The summed E-state index contributed by atoms with van der Waals surface area (Å²) in [6, 6.07) is 2.06. The molecule has 0 spiro atoms. The zero-order valence-corrected chi connectivity index (χ0v) is 17.1. The molecule has 2 saturated carbocycles. The highest BCUT2D eigenvalue weighted by atomic mass is 32.2. The highest BCUT2D eigenvalue weighted by Crippen LogP contribution is 2.43. The normalized spacial score (nSPS) is 23.4. The summed E-state index contributed by atoms with van der Waals surface area (Å²) < 4.78 is 23.6. The van der Waals surface area contributed by atoms with E-state index in [1.165, 1.54) is 19.1 Å². The summed E-state index contributed by atoms with van der Waals surface area (Å²) >= 11 is 1.65. The maximum Gasteiger partial charge on any atom is 0.253 e. The third kappa shape index (κ3) is 4.85. The van der Waals surface area contributed by atoms with Crippen molar-refractivity contribution < 1.29 is 13.2 Å². The summed E-state index contributed by atoms with van der Waals surface area (Å²) in [5.74, 6) is 1.23. The number of hydrogen-bond acceptors (Lipinski definition) is 6. The predicted molar refractivity (Wildman–Crippen MR) is 107 cm³/mol. The molecule has 0 atom stereocenters. The Morgan fingerprint density at radius 1 is 1.22 bits per heavy atom. The smallest absolute Gasteiger partial charge is 0.253 e. The second kappa shape index (κ2) is 7.47. The molecule has 146 valence electrons. The van der Waals surface area contributed by atoms with Crippen LogP contribution >= 0.6 is 11.3 Å². The van der Waals surface area contributed by atoms with Gasteiger partial charge in [-0.25, -0.2) is 18.4 Å². The van der Waals surface area contributed by atoms with Crippen LogP contribution < -0.4 is 5.32 Å². The predicted octanol–water partition coefficient (Wildman–Crippen LogP) is 3.29. The van der Waals surface area contributed by atoms with E-state index in [9.17, 15) is 13.2 Å². The molecule has 0 aliphatic heterocycles. The SMILES string of the molecule is CS(=O)(=O)CCC1CCC(NC(=O)c2cnc3nc(C4CC4)sc3c2)CC1. The Morgan fingerprint density at radius 2 is 1.96 bits per heavy atom. The number of nitrogens with zero attached hydrogens (tertiary/aromatic N) is 2. The molecule has 0 bridgehead atoms. The molecule has 6 nitrogen and oxygen atoms in total. The van der Waals surface area contributed by atoms with Crippen LogP contribution in [0.15, 0.2) is 12.3 Å². The van der Waals surface area contributed by atoms with E-state index in [1.54, 1.807) is 17.5 Å². The number of aromatic nitrogens is 2. The van der Waals surface area contributed by atoms with Crippen molar-refractivity contribution in [3.05, 3.63) is 22.8 Å². The number of nitrogens with one attached hydrogen (secondary N) is 1. The van der Waals surface area contributed by atoms with E-state index in [-0.39, 0.29) is 17.7 Å². The van der Waals surface area contributed by atoms with Crippen molar-refractivity contribution in [3.8, 4) is 0 Å². The Kier molecular flexibility index (Phi) is 5.20. The third-order valence-corrected chi connectivity index (χ3v) is 7.66. The fourth-order valence-electron chi connectivity index (χ4n) is 3.71. The molecule has 2 fully saturated rings. The molecular formula is C19H25N3O3S2. The van der Waals surface area contributed by atoms with Crippen LogP contribution in [0, 0.1) is 5.92 Å². The van der Waals surface area contributed by atoms with Crippen molar-refractivity contribution in [2.24, 2.45) is 5.92 Å². The van der Waals surface area contributed by atoms with E-state index in [4.69, 9.17) is 0 Å². The lowest BCUT2D eigenvalue weighted by atomic mass is 9.84. The van der Waals surface area contributed by atoms with Crippen LogP contribution in [-0.2, 0) is 9.84 Å². The number of carbonyl (C=O) groups is 1. The van der Waals surface area contributed by atoms with Gasteiger partial charge in [0.25, 0.3) is 5.91 Å². The molecule has 0 aromatic carbocycles. The summed E-state index contributed by atoms with van der Waals surface area (Å²) in [5.41, 5.74) is 1.33. The zero-order chi connectivity index (χ0) is 19.0. The highest BCUT2D eigenvalue weighted by Gasteiger charge is 2.28. The summed E-state index contributed by atoms with van der Waals surface area (Å²) in [4.78, 5) is 21.5. The molecule has 27 heavy (non-hydrogen) atoms. The molecule has 0 radical (unpaired) electrons. The number of sulfone groups is 1. The number of thiazole rings is 1. The van der Waals surface area contributed by atoms with Crippen LogP contribution in [0.2, 0.25) is 0 Å². The summed E-state index contributed by atoms with van der Waals surface area (Å²) in [6.45, 7) is 0. The second-order valence-corrected chi connectivity index (χ2v) is 11.3. The van der Waals surface area contributed by atoms with E-state index < -0.39 is 9.84 Å². The van der Waals surface area contributed by atoms with Crippen LogP contribution in [0.4, 0.5) is 0 Å².